The number of alkyl halides is 1. The second kappa shape index (κ2) is 7.41. The van der Waals surface area contributed by atoms with Gasteiger partial charge in [0.05, 0.1) is 17.1 Å². The normalized spacial score (nSPS) is 13.6. The van der Waals surface area contributed by atoms with Crippen LogP contribution < -0.4 is 0 Å². The third-order valence-electron chi connectivity index (χ3n) is 2.82. The van der Waals surface area contributed by atoms with Gasteiger partial charge in [-0.25, -0.2) is 4.79 Å². The number of hydrogen-bond donors (Lipinski definition) is 1. The first-order chi connectivity index (χ1) is 9.90. The topological polar surface area (TPSA) is 91.3 Å². The number of aromatic carboxylic acids is 1. The Kier molecular flexibility index (Phi) is 5.88. The van der Waals surface area contributed by atoms with Gasteiger partial charge in [0.2, 0.25) is 0 Å². The van der Waals surface area contributed by atoms with Crippen LogP contribution >= 0.6 is 11.6 Å². The SMILES string of the molecule is C=NC(=C)/C=C\C[C@H](C(C)Cl)n1cc(C#N)c(C(=O)O)n1. The highest BCUT2D eigenvalue weighted by molar-refractivity contribution is 6.20. The second-order valence-corrected chi connectivity index (χ2v) is 5.01. The maximum absolute atomic E-state index is 11.0. The summed E-state index contributed by atoms with van der Waals surface area (Å²) < 4.78 is 1.41. The number of rotatable bonds is 7. The molecular weight excluding hydrogens is 292 g/mol. The zero-order chi connectivity index (χ0) is 16.0. The van der Waals surface area contributed by atoms with Crippen LogP contribution in [-0.2, 0) is 0 Å². The van der Waals surface area contributed by atoms with E-state index in [4.69, 9.17) is 22.0 Å². The highest BCUT2D eigenvalue weighted by atomic mass is 35.5. The van der Waals surface area contributed by atoms with Crippen molar-refractivity contribution in [3.63, 3.8) is 0 Å². The van der Waals surface area contributed by atoms with Crippen molar-refractivity contribution in [1.82, 2.24) is 9.78 Å². The quantitative estimate of drug-likeness (QED) is 0.476. The number of allylic oxidation sites excluding steroid dienone is 2. The van der Waals surface area contributed by atoms with Crippen molar-refractivity contribution < 1.29 is 9.90 Å². The van der Waals surface area contributed by atoms with Crippen LogP contribution in [0.2, 0.25) is 0 Å². The van der Waals surface area contributed by atoms with Gasteiger partial charge in [-0.1, -0.05) is 12.7 Å². The summed E-state index contributed by atoms with van der Waals surface area (Å²) in [7, 11) is 0. The van der Waals surface area contributed by atoms with Gasteiger partial charge in [-0.05, 0) is 26.1 Å². The Hall–Kier alpha value is -2.39. The summed E-state index contributed by atoms with van der Waals surface area (Å²) in [4.78, 5) is 14.7. The number of nitriles is 1. The van der Waals surface area contributed by atoms with E-state index in [0.717, 1.165) is 0 Å². The Morgan fingerprint density at radius 1 is 1.76 bits per heavy atom. The van der Waals surface area contributed by atoms with Gasteiger partial charge < -0.3 is 5.11 Å². The molecule has 0 fully saturated rings. The maximum Gasteiger partial charge on any atom is 0.357 e. The van der Waals surface area contributed by atoms with E-state index in [1.165, 1.54) is 10.9 Å². The summed E-state index contributed by atoms with van der Waals surface area (Å²) in [5, 5.41) is 21.6. The second-order valence-electron chi connectivity index (χ2n) is 4.32. The first-order valence-electron chi connectivity index (χ1n) is 6.09. The van der Waals surface area contributed by atoms with Crippen molar-refractivity contribution in [2.45, 2.75) is 24.8 Å². The molecule has 1 N–H and O–H groups in total. The van der Waals surface area contributed by atoms with E-state index >= 15 is 0 Å². The number of aromatic nitrogens is 2. The number of carbonyl (C=O) groups is 1. The minimum Gasteiger partial charge on any atom is -0.476 e. The fraction of sp³-hybridized carbons (Fsp3) is 0.286. The molecule has 0 aliphatic heterocycles. The summed E-state index contributed by atoms with van der Waals surface area (Å²) in [5.74, 6) is -1.24. The van der Waals surface area contributed by atoms with Crippen molar-refractivity contribution in [1.29, 1.82) is 5.26 Å². The lowest BCUT2D eigenvalue weighted by atomic mass is 10.1. The number of nitrogens with zero attached hydrogens (tertiary/aromatic N) is 4. The molecule has 1 aromatic heterocycles. The average Bonchev–Trinajstić information content (AvgIpc) is 2.86. The van der Waals surface area contributed by atoms with Crippen LogP contribution in [0.25, 0.3) is 0 Å². The van der Waals surface area contributed by atoms with Crippen LogP contribution in [0, 0.1) is 11.3 Å². The Balaban J connectivity index is 3.04. The minimum absolute atomic E-state index is 0.00552. The van der Waals surface area contributed by atoms with Crippen molar-refractivity contribution in [2.75, 3.05) is 0 Å². The molecule has 1 unspecified atom stereocenters. The van der Waals surface area contributed by atoms with Crippen molar-refractivity contribution >= 4 is 24.3 Å². The van der Waals surface area contributed by atoms with Crippen LogP contribution in [-0.4, -0.2) is 33.0 Å². The summed E-state index contributed by atoms with van der Waals surface area (Å²) in [5.41, 5.74) is 0.243. The molecule has 0 bridgehead atoms. The van der Waals surface area contributed by atoms with Gasteiger partial charge in [0.15, 0.2) is 5.69 Å². The standard InChI is InChI=1S/C14H15ClN4O2/c1-9(17-3)5-4-6-12(10(2)15)19-8-11(7-16)13(18-19)14(20)21/h4-5,8,10,12H,1,3,6H2,2H3,(H,20,21)/b5-4-/t10?,12-/m1/s1. The van der Waals surface area contributed by atoms with Crippen LogP contribution in [0.15, 0.2) is 35.6 Å². The molecule has 1 aromatic rings. The van der Waals surface area contributed by atoms with E-state index in [1.807, 2.05) is 6.07 Å². The number of hydrogen-bond acceptors (Lipinski definition) is 4. The molecule has 7 heteroatoms. The van der Waals surface area contributed by atoms with E-state index in [9.17, 15) is 4.79 Å². The maximum atomic E-state index is 11.0. The molecule has 0 radical (unpaired) electrons. The highest BCUT2D eigenvalue weighted by Crippen LogP contribution is 2.23. The van der Waals surface area contributed by atoms with E-state index in [-0.39, 0.29) is 22.7 Å². The monoisotopic (exact) mass is 306 g/mol. The molecule has 1 heterocycles. The molecular formula is C14H15ClN4O2. The molecule has 0 saturated heterocycles. The third-order valence-corrected chi connectivity index (χ3v) is 3.11. The van der Waals surface area contributed by atoms with Crippen molar-refractivity contribution in [3.05, 3.63) is 41.9 Å². The molecule has 2 atom stereocenters. The lowest BCUT2D eigenvalue weighted by Gasteiger charge is -2.18. The average molecular weight is 307 g/mol. The van der Waals surface area contributed by atoms with E-state index < -0.39 is 5.97 Å². The van der Waals surface area contributed by atoms with E-state index in [1.54, 1.807) is 19.1 Å². The van der Waals surface area contributed by atoms with Gasteiger partial charge in [0.1, 0.15) is 11.6 Å². The highest BCUT2D eigenvalue weighted by Gasteiger charge is 2.22. The van der Waals surface area contributed by atoms with Gasteiger partial charge in [-0.3, -0.25) is 9.67 Å². The molecule has 0 aliphatic carbocycles. The Morgan fingerprint density at radius 2 is 2.43 bits per heavy atom. The van der Waals surface area contributed by atoms with Crippen molar-refractivity contribution in [2.24, 2.45) is 4.99 Å². The van der Waals surface area contributed by atoms with Crippen LogP contribution in [0.4, 0.5) is 0 Å². The summed E-state index contributed by atoms with van der Waals surface area (Å²) in [6.45, 7) is 8.77. The lowest BCUT2D eigenvalue weighted by molar-refractivity contribution is 0.0688. The fourth-order valence-corrected chi connectivity index (χ4v) is 1.92. The zero-order valence-electron chi connectivity index (χ0n) is 11.5. The predicted octanol–water partition coefficient (Wildman–Crippen LogP) is 2.78. The number of carboxylic acid groups (broad SMARTS) is 1. The fourth-order valence-electron chi connectivity index (χ4n) is 1.70. The summed E-state index contributed by atoms with van der Waals surface area (Å²) >= 11 is 6.13. The molecule has 21 heavy (non-hydrogen) atoms. The molecule has 6 nitrogen and oxygen atoms in total. The summed E-state index contributed by atoms with van der Waals surface area (Å²) in [6.07, 6.45) is 5.37. The molecule has 110 valence electrons. The Labute approximate surface area is 127 Å². The smallest absolute Gasteiger partial charge is 0.357 e. The number of aliphatic imine (C=N–C) groups is 1. The Morgan fingerprint density at radius 3 is 2.86 bits per heavy atom. The first kappa shape index (κ1) is 16.7. The van der Waals surface area contributed by atoms with Gasteiger partial charge in [-0.2, -0.15) is 10.4 Å². The van der Waals surface area contributed by atoms with Crippen LogP contribution in [0.1, 0.15) is 35.4 Å². The first-order valence-corrected chi connectivity index (χ1v) is 6.53. The molecule has 0 aliphatic rings. The molecule has 0 amide bonds. The van der Waals surface area contributed by atoms with E-state index in [2.05, 4.69) is 23.4 Å². The molecule has 0 aromatic carbocycles. The largest absolute Gasteiger partial charge is 0.476 e. The van der Waals surface area contributed by atoms with Gasteiger partial charge in [-0.15, -0.1) is 11.6 Å². The number of halogens is 1. The van der Waals surface area contributed by atoms with Gasteiger partial charge in [0.25, 0.3) is 0 Å². The molecule has 0 spiro atoms. The molecule has 0 saturated carbocycles. The lowest BCUT2D eigenvalue weighted by Crippen LogP contribution is -2.18. The van der Waals surface area contributed by atoms with Crippen LogP contribution in [0.5, 0.6) is 0 Å². The Bertz CT molecular complexity index is 625. The summed E-state index contributed by atoms with van der Waals surface area (Å²) in [6, 6.07) is 1.52. The minimum atomic E-state index is -1.24. The third kappa shape index (κ3) is 4.29. The van der Waals surface area contributed by atoms with Crippen LogP contribution in [0.3, 0.4) is 0 Å². The van der Waals surface area contributed by atoms with Gasteiger partial charge in [0, 0.05) is 6.20 Å². The number of carboxylic acids is 1. The zero-order valence-corrected chi connectivity index (χ0v) is 12.3. The molecule has 1 rings (SSSR count). The van der Waals surface area contributed by atoms with Crippen molar-refractivity contribution in [3.8, 4) is 6.07 Å². The van der Waals surface area contributed by atoms with E-state index in [0.29, 0.717) is 12.1 Å². The van der Waals surface area contributed by atoms with Gasteiger partial charge >= 0.3 is 5.97 Å². The predicted molar refractivity (Wildman–Crippen MR) is 80.7 cm³/mol.